The van der Waals surface area contributed by atoms with Gasteiger partial charge in [-0.1, -0.05) is 24.3 Å². The van der Waals surface area contributed by atoms with Crippen LogP contribution in [0.15, 0.2) is 24.3 Å². The zero-order valence-electron chi connectivity index (χ0n) is 10.9. The summed E-state index contributed by atoms with van der Waals surface area (Å²) in [4.78, 5) is 12.2. The molecule has 1 aliphatic heterocycles. The molecule has 1 heterocycles. The standard InChI is InChI=1S/C15H20N2O2/c18-13-8-10-4-1-2-6-12(10)14(13)17-15(19)11-5-3-7-16-9-11/h1-2,4,6,11,13-14,16,18H,3,5,7-9H2,(H,17,19)/t11-,13+,14-/m0/s1. The summed E-state index contributed by atoms with van der Waals surface area (Å²) < 4.78 is 0. The lowest BCUT2D eigenvalue weighted by Crippen LogP contribution is -2.43. The van der Waals surface area contributed by atoms with Crippen LogP contribution in [0.1, 0.15) is 30.0 Å². The van der Waals surface area contributed by atoms with E-state index in [1.54, 1.807) is 0 Å². The molecule has 1 aliphatic carbocycles. The Hall–Kier alpha value is -1.39. The molecule has 0 bridgehead atoms. The van der Waals surface area contributed by atoms with Crippen molar-refractivity contribution in [3.8, 4) is 0 Å². The summed E-state index contributed by atoms with van der Waals surface area (Å²) in [5.41, 5.74) is 2.20. The topological polar surface area (TPSA) is 61.4 Å². The first-order valence-corrected chi connectivity index (χ1v) is 7.02. The number of amides is 1. The number of rotatable bonds is 2. The number of hydrogen-bond donors (Lipinski definition) is 3. The Bertz CT molecular complexity index is 469. The summed E-state index contributed by atoms with van der Waals surface area (Å²) in [6, 6.07) is 7.70. The van der Waals surface area contributed by atoms with E-state index >= 15 is 0 Å². The van der Waals surface area contributed by atoms with Crippen LogP contribution in [0.3, 0.4) is 0 Å². The van der Waals surface area contributed by atoms with Gasteiger partial charge < -0.3 is 15.7 Å². The predicted molar refractivity (Wildman–Crippen MR) is 72.6 cm³/mol. The maximum absolute atomic E-state index is 12.2. The summed E-state index contributed by atoms with van der Waals surface area (Å²) in [5.74, 6) is 0.0988. The molecule has 1 saturated heterocycles. The molecule has 3 rings (SSSR count). The number of aliphatic hydroxyl groups is 1. The number of carbonyl (C=O) groups excluding carboxylic acids is 1. The first kappa shape index (κ1) is 12.6. The van der Waals surface area contributed by atoms with E-state index in [4.69, 9.17) is 0 Å². The van der Waals surface area contributed by atoms with Crippen molar-refractivity contribution in [2.75, 3.05) is 13.1 Å². The Kier molecular flexibility index (Phi) is 3.53. The van der Waals surface area contributed by atoms with Crippen molar-refractivity contribution in [1.29, 1.82) is 0 Å². The first-order valence-electron chi connectivity index (χ1n) is 7.02. The van der Waals surface area contributed by atoms with Gasteiger partial charge in [-0.25, -0.2) is 0 Å². The van der Waals surface area contributed by atoms with Crippen LogP contribution in [-0.2, 0) is 11.2 Å². The molecule has 19 heavy (non-hydrogen) atoms. The van der Waals surface area contributed by atoms with E-state index in [-0.39, 0.29) is 17.9 Å². The van der Waals surface area contributed by atoms with E-state index in [1.165, 1.54) is 0 Å². The highest BCUT2D eigenvalue weighted by atomic mass is 16.3. The highest BCUT2D eigenvalue weighted by Crippen LogP contribution is 2.31. The SMILES string of the molecule is O=C(N[C@H]1c2ccccc2C[C@H]1O)[C@H]1CCCNC1. The fourth-order valence-corrected chi connectivity index (χ4v) is 3.09. The van der Waals surface area contributed by atoms with Crippen molar-refractivity contribution in [3.63, 3.8) is 0 Å². The number of benzene rings is 1. The van der Waals surface area contributed by atoms with E-state index in [2.05, 4.69) is 10.6 Å². The molecule has 0 unspecified atom stereocenters. The number of carbonyl (C=O) groups is 1. The third-order valence-electron chi connectivity index (χ3n) is 4.17. The minimum Gasteiger partial charge on any atom is -0.390 e. The van der Waals surface area contributed by atoms with Crippen molar-refractivity contribution in [3.05, 3.63) is 35.4 Å². The fraction of sp³-hybridized carbons (Fsp3) is 0.533. The van der Waals surface area contributed by atoms with Gasteiger partial charge in [0, 0.05) is 13.0 Å². The summed E-state index contributed by atoms with van der Waals surface area (Å²) >= 11 is 0. The van der Waals surface area contributed by atoms with Crippen LogP contribution in [0.5, 0.6) is 0 Å². The molecule has 3 atom stereocenters. The minimum atomic E-state index is -0.502. The number of hydrogen-bond acceptors (Lipinski definition) is 3. The second-order valence-corrected chi connectivity index (χ2v) is 5.50. The Morgan fingerprint density at radius 1 is 1.37 bits per heavy atom. The zero-order valence-corrected chi connectivity index (χ0v) is 10.9. The number of aliphatic hydroxyl groups excluding tert-OH is 1. The summed E-state index contributed by atoms with van der Waals surface area (Å²) in [6.45, 7) is 1.75. The fourth-order valence-electron chi connectivity index (χ4n) is 3.09. The van der Waals surface area contributed by atoms with Gasteiger partial charge in [-0.3, -0.25) is 4.79 Å². The normalized spacial score (nSPS) is 29.8. The van der Waals surface area contributed by atoms with Gasteiger partial charge in [0.2, 0.25) is 5.91 Å². The number of piperidine rings is 1. The maximum Gasteiger partial charge on any atom is 0.224 e. The van der Waals surface area contributed by atoms with Crippen molar-refractivity contribution in [2.24, 2.45) is 5.92 Å². The third kappa shape index (κ3) is 2.51. The maximum atomic E-state index is 12.2. The smallest absolute Gasteiger partial charge is 0.224 e. The van der Waals surface area contributed by atoms with Gasteiger partial charge in [-0.2, -0.15) is 0 Å². The van der Waals surface area contributed by atoms with E-state index < -0.39 is 6.10 Å². The molecule has 102 valence electrons. The summed E-state index contributed by atoms with van der Waals surface area (Å²) in [5, 5.41) is 16.4. The van der Waals surface area contributed by atoms with E-state index in [0.717, 1.165) is 37.1 Å². The molecule has 2 aliphatic rings. The van der Waals surface area contributed by atoms with Crippen LogP contribution in [0.4, 0.5) is 0 Å². The van der Waals surface area contributed by atoms with Gasteiger partial charge >= 0.3 is 0 Å². The predicted octanol–water partition coefficient (Wildman–Crippen LogP) is 0.760. The van der Waals surface area contributed by atoms with Gasteiger partial charge in [0.15, 0.2) is 0 Å². The van der Waals surface area contributed by atoms with Crippen LogP contribution >= 0.6 is 0 Å². The number of nitrogens with one attached hydrogen (secondary N) is 2. The summed E-state index contributed by atoms with van der Waals surface area (Å²) in [7, 11) is 0. The zero-order chi connectivity index (χ0) is 13.2. The summed E-state index contributed by atoms with van der Waals surface area (Å²) in [6.07, 6.45) is 2.10. The molecule has 0 saturated carbocycles. The van der Waals surface area contributed by atoms with Crippen LogP contribution in [0.2, 0.25) is 0 Å². The van der Waals surface area contributed by atoms with Crippen molar-refractivity contribution in [1.82, 2.24) is 10.6 Å². The molecule has 4 heteroatoms. The van der Waals surface area contributed by atoms with Gasteiger partial charge in [0.1, 0.15) is 0 Å². The lowest BCUT2D eigenvalue weighted by molar-refractivity contribution is -0.127. The first-order chi connectivity index (χ1) is 9.25. The monoisotopic (exact) mass is 260 g/mol. The Labute approximate surface area is 113 Å². The lowest BCUT2D eigenvalue weighted by Gasteiger charge is -2.25. The molecule has 4 nitrogen and oxygen atoms in total. The van der Waals surface area contributed by atoms with E-state index in [9.17, 15) is 9.90 Å². The molecule has 1 aromatic rings. The second kappa shape index (κ2) is 5.31. The third-order valence-corrected chi connectivity index (χ3v) is 4.17. The molecule has 1 aromatic carbocycles. The highest BCUT2D eigenvalue weighted by molar-refractivity contribution is 5.79. The molecule has 0 radical (unpaired) electrons. The van der Waals surface area contributed by atoms with Gasteiger partial charge in [0.25, 0.3) is 0 Å². The molecule has 1 amide bonds. The van der Waals surface area contributed by atoms with Crippen molar-refractivity contribution in [2.45, 2.75) is 31.4 Å². The molecule has 0 aromatic heterocycles. The van der Waals surface area contributed by atoms with E-state index in [0.29, 0.717) is 6.42 Å². The van der Waals surface area contributed by atoms with Gasteiger partial charge in [0.05, 0.1) is 18.1 Å². The van der Waals surface area contributed by atoms with Crippen LogP contribution in [-0.4, -0.2) is 30.2 Å². The number of fused-ring (bicyclic) bond motifs is 1. The van der Waals surface area contributed by atoms with E-state index in [1.807, 2.05) is 24.3 Å². The molecule has 0 spiro atoms. The Morgan fingerprint density at radius 3 is 3.00 bits per heavy atom. The molecule has 1 fully saturated rings. The van der Waals surface area contributed by atoms with Crippen LogP contribution in [0.25, 0.3) is 0 Å². The van der Waals surface area contributed by atoms with Crippen LogP contribution in [0, 0.1) is 5.92 Å². The quantitative estimate of drug-likeness (QED) is 0.736. The van der Waals surface area contributed by atoms with Gasteiger partial charge in [-0.15, -0.1) is 0 Å². The average molecular weight is 260 g/mol. The highest BCUT2D eigenvalue weighted by Gasteiger charge is 2.33. The van der Waals surface area contributed by atoms with Crippen LogP contribution < -0.4 is 10.6 Å². The molecular weight excluding hydrogens is 240 g/mol. The van der Waals surface area contributed by atoms with Crippen molar-refractivity contribution >= 4 is 5.91 Å². The Balaban J connectivity index is 1.71. The largest absolute Gasteiger partial charge is 0.390 e. The molecule has 3 N–H and O–H groups in total. The minimum absolute atomic E-state index is 0.0358. The lowest BCUT2D eigenvalue weighted by atomic mass is 9.97. The van der Waals surface area contributed by atoms with Crippen molar-refractivity contribution < 1.29 is 9.90 Å². The molecular formula is C15H20N2O2. The second-order valence-electron chi connectivity index (χ2n) is 5.50. The van der Waals surface area contributed by atoms with Gasteiger partial charge in [-0.05, 0) is 30.5 Å². The average Bonchev–Trinajstić information content (AvgIpc) is 2.76. The Morgan fingerprint density at radius 2 is 2.21 bits per heavy atom.